The van der Waals surface area contributed by atoms with Gasteiger partial charge >= 0.3 is 0 Å². The van der Waals surface area contributed by atoms with Crippen LogP contribution in [0.1, 0.15) is 44.9 Å². The van der Waals surface area contributed by atoms with Crippen molar-refractivity contribution in [1.82, 2.24) is 10.6 Å². The van der Waals surface area contributed by atoms with E-state index < -0.39 is 0 Å². The summed E-state index contributed by atoms with van der Waals surface area (Å²) in [7, 11) is 1.85. The van der Waals surface area contributed by atoms with Crippen LogP contribution in [0.2, 0.25) is 0 Å². The monoisotopic (exact) mass is 451 g/mol. The van der Waals surface area contributed by atoms with E-state index in [-0.39, 0.29) is 24.0 Å². The lowest BCUT2D eigenvalue weighted by Crippen LogP contribution is -2.39. The van der Waals surface area contributed by atoms with Crippen molar-refractivity contribution in [2.45, 2.75) is 51.0 Å². The van der Waals surface area contributed by atoms with Gasteiger partial charge in [0.15, 0.2) is 5.96 Å². The van der Waals surface area contributed by atoms with Crippen molar-refractivity contribution in [3.63, 3.8) is 0 Å². The molecule has 0 aromatic heterocycles. The number of nitrogens with zero attached hydrogens (tertiary/aromatic N) is 1. The Hall–Kier alpha value is -0.0800. The number of ether oxygens (including phenoxy) is 2. The lowest BCUT2D eigenvalue weighted by atomic mass is 9.86. The lowest BCUT2D eigenvalue weighted by Gasteiger charge is -2.22. The summed E-state index contributed by atoms with van der Waals surface area (Å²) in [5.74, 6) is 3.96. The Bertz CT molecular complexity index is 388. The smallest absolute Gasteiger partial charge is 0.190 e. The molecule has 1 heterocycles. The quantitative estimate of drug-likeness (QED) is 0.258. The highest BCUT2D eigenvalue weighted by atomic mass is 127. The zero-order valence-electron chi connectivity index (χ0n) is 15.0. The molecule has 0 spiro atoms. The predicted octanol–water partition coefficient (Wildman–Crippen LogP) is 2.79. The number of rotatable bonds is 8. The summed E-state index contributed by atoms with van der Waals surface area (Å²) in [6.45, 7) is 4.36. The molecule has 6 heteroatoms. The highest BCUT2D eigenvalue weighted by Gasteiger charge is 2.38. The first kappa shape index (κ1) is 20.2. The van der Waals surface area contributed by atoms with Crippen LogP contribution in [-0.2, 0) is 9.47 Å². The number of hydrogen-bond acceptors (Lipinski definition) is 3. The number of fused-ring (bicyclic) bond motifs is 2. The zero-order valence-corrected chi connectivity index (χ0v) is 17.3. The Morgan fingerprint density at radius 2 is 2.04 bits per heavy atom. The molecule has 0 amide bonds. The fourth-order valence-electron chi connectivity index (χ4n) is 4.50. The van der Waals surface area contributed by atoms with Crippen LogP contribution in [0.4, 0.5) is 0 Å². The largest absolute Gasteiger partial charge is 0.379 e. The summed E-state index contributed by atoms with van der Waals surface area (Å²) in [5, 5.41) is 6.85. The summed E-state index contributed by atoms with van der Waals surface area (Å²) in [6.07, 6.45) is 9.61. The van der Waals surface area contributed by atoms with Gasteiger partial charge in [0.2, 0.25) is 0 Å². The van der Waals surface area contributed by atoms with Crippen molar-refractivity contribution >= 4 is 29.9 Å². The SMILES string of the molecule is CN=C(NCCCOC1CCOC1)NCCC1CC2CCC1C2.I. The Labute approximate surface area is 163 Å². The van der Waals surface area contributed by atoms with Gasteiger partial charge in [-0.1, -0.05) is 6.42 Å². The van der Waals surface area contributed by atoms with E-state index in [4.69, 9.17) is 9.47 Å². The Morgan fingerprint density at radius 1 is 1.17 bits per heavy atom. The molecular formula is C18H34IN3O2. The molecule has 24 heavy (non-hydrogen) atoms. The van der Waals surface area contributed by atoms with Gasteiger partial charge < -0.3 is 20.1 Å². The van der Waals surface area contributed by atoms with Gasteiger partial charge in [0.05, 0.1) is 12.7 Å². The molecule has 3 fully saturated rings. The van der Waals surface area contributed by atoms with Crippen molar-refractivity contribution in [1.29, 1.82) is 0 Å². The van der Waals surface area contributed by atoms with E-state index in [0.29, 0.717) is 6.10 Å². The van der Waals surface area contributed by atoms with E-state index in [2.05, 4.69) is 15.6 Å². The number of nitrogens with one attached hydrogen (secondary N) is 2. The standard InChI is InChI=1S/C18H33N3O2.HI/c1-19-18(20-7-2-9-23-17-6-10-22-13-17)21-8-5-16-12-14-3-4-15(16)11-14;/h14-17H,2-13H2,1H3,(H2,19,20,21);1H. The van der Waals surface area contributed by atoms with Crippen LogP contribution < -0.4 is 10.6 Å². The molecule has 3 rings (SSSR count). The maximum Gasteiger partial charge on any atom is 0.190 e. The van der Waals surface area contributed by atoms with Crippen LogP contribution >= 0.6 is 24.0 Å². The number of aliphatic imine (C=N–C) groups is 1. The molecule has 2 bridgehead atoms. The number of hydrogen-bond donors (Lipinski definition) is 2. The average Bonchev–Trinajstić information content (AvgIpc) is 3.30. The van der Waals surface area contributed by atoms with Crippen molar-refractivity contribution in [3.8, 4) is 0 Å². The maximum absolute atomic E-state index is 5.77. The first-order valence-electron chi connectivity index (χ1n) is 9.49. The zero-order chi connectivity index (χ0) is 15.9. The van der Waals surface area contributed by atoms with Crippen LogP contribution in [0.25, 0.3) is 0 Å². The van der Waals surface area contributed by atoms with Gasteiger partial charge in [-0.05, 0) is 56.3 Å². The van der Waals surface area contributed by atoms with E-state index >= 15 is 0 Å². The molecule has 3 aliphatic rings. The van der Waals surface area contributed by atoms with Gasteiger partial charge in [-0.15, -0.1) is 24.0 Å². The molecule has 5 nitrogen and oxygen atoms in total. The van der Waals surface area contributed by atoms with Gasteiger partial charge in [0.1, 0.15) is 0 Å². The maximum atomic E-state index is 5.77. The highest BCUT2D eigenvalue weighted by molar-refractivity contribution is 14.0. The molecule has 140 valence electrons. The molecular weight excluding hydrogens is 417 g/mol. The van der Waals surface area contributed by atoms with Crippen LogP contribution in [-0.4, -0.2) is 52.0 Å². The molecule has 0 radical (unpaired) electrons. The minimum Gasteiger partial charge on any atom is -0.379 e. The third-order valence-corrected chi connectivity index (χ3v) is 5.77. The predicted molar refractivity (Wildman–Crippen MR) is 108 cm³/mol. The molecule has 0 aromatic rings. The molecule has 2 N–H and O–H groups in total. The first-order valence-corrected chi connectivity index (χ1v) is 9.49. The fraction of sp³-hybridized carbons (Fsp3) is 0.944. The second-order valence-electron chi connectivity index (χ2n) is 7.36. The number of guanidine groups is 1. The molecule has 2 aliphatic carbocycles. The summed E-state index contributed by atoms with van der Waals surface area (Å²) in [5.41, 5.74) is 0. The van der Waals surface area contributed by atoms with Gasteiger partial charge in [0, 0.05) is 33.4 Å². The van der Waals surface area contributed by atoms with Crippen molar-refractivity contribution in [2.75, 3.05) is 40.0 Å². The lowest BCUT2D eigenvalue weighted by molar-refractivity contribution is 0.0420. The van der Waals surface area contributed by atoms with Crippen LogP contribution in [0.15, 0.2) is 4.99 Å². The van der Waals surface area contributed by atoms with E-state index in [9.17, 15) is 0 Å². The highest BCUT2D eigenvalue weighted by Crippen LogP contribution is 2.49. The first-order chi connectivity index (χ1) is 11.3. The topological polar surface area (TPSA) is 54.9 Å². The van der Waals surface area contributed by atoms with Gasteiger partial charge in [-0.25, -0.2) is 0 Å². The second kappa shape index (κ2) is 10.8. The summed E-state index contributed by atoms with van der Waals surface area (Å²) < 4.78 is 11.1. The second-order valence-corrected chi connectivity index (χ2v) is 7.36. The Morgan fingerprint density at radius 3 is 2.71 bits per heavy atom. The molecule has 0 aromatic carbocycles. The molecule has 4 unspecified atom stereocenters. The Balaban J connectivity index is 0.00000208. The summed E-state index contributed by atoms with van der Waals surface area (Å²) >= 11 is 0. The van der Waals surface area contributed by atoms with Crippen molar-refractivity contribution < 1.29 is 9.47 Å². The van der Waals surface area contributed by atoms with Crippen molar-refractivity contribution in [2.24, 2.45) is 22.7 Å². The fourth-order valence-corrected chi connectivity index (χ4v) is 4.50. The third-order valence-electron chi connectivity index (χ3n) is 5.77. The van der Waals surface area contributed by atoms with Gasteiger partial charge in [-0.3, -0.25) is 4.99 Å². The number of halogens is 1. The normalized spacial score (nSPS) is 32.0. The van der Waals surface area contributed by atoms with Crippen LogP contribution in [0.5, 0.6) is 0 Å². The Kier molecular flexibility index (Phi) is 9.11. The van der Waals surface area contributed by atoms with Crippen LogP contribution in [0, 0.1) is 17.8 Å². The third kappa shape index (κ3) is 6.02. The minimum absolute atomic E-state index is 0. The molecule has 1 aliphatic heterocycles. The van der Waals surface area contributed by atoms with E-state index in [0.717, 1.165) is 69.5 Å². The van der Waals surface area contributed by atoms with Gasteiger partial charge in [-0.2, -0.15) is 0 Å². The molecule has 2 saturated carbocycles. The average molecular weight is 451 g/mol. The molecule has 1 saturated heterocycles. The van der Waals surface area contributed by atoms with Gasteiger partial charge in [0.25, 0.3) is 0 Å². The van der Waals surface area contributed by atoms with E-state index in [1.54, 1.807) is 0 Å². The van der Waals surface area contributed by atoms with Crippen molar-refractivity contribution in [3.05, 3.63) is 0 Å². The van der Waals surface area contributed by atoms with E-state index in [1.165, 1.54) is 32.1 Å². The molecule has 4 atom stereocenters. The van der Waals surface area contributed by atoms with E-state index in [1.807, 2.05) is 7.05 Å². The summed E-state index contributed by atoms with van der Waals surface area (Å²) in [6, 6.07) is 0. The summed E-state index contributed by atoms with van der Waals surface area (Å²) in [4.78, 5) is 4.31. The minimum atomic E-state index is 0. The van der Waals surface area contributed by atoms with Crippen LogP contribution in [0.3, 0.4) is 0 Å².